The molecule has 7 heavy (non-hydrogen) atoms. The molecule has 1 aliphatic heterocycles. The number of halogens is 1. The van der Waals surface area contributed by atoms with Gasteiger partial charge in [-0.05, 0) is 5.41 Å². The summed E-state index contributed by atoms with van der Waals surface area (Å²) in [5.74, 6) is 0. The molecule has 0 aromatic heterocycles. The molecule has 0 radical (unpaired) electrons. The van der Waals surface area contributed by atoms with Gasteiger partial charge in [-0.3, -0.25) is 0 Å². The zero-order valence-corrected chi connectivity index (χ0v) is 4.41. The van der Waals surface area contributed by atoms with Gasteiger partial charge in [0.2, 0.25) is 0 Å². The average Bonchev–Trinajstić information content (AvgIpc) is 1.84. The average molecular weight is 120 g/mol. The van der Waals surface area contributed by atoms with Gasteiger partial charge in [-0.25, -0.2) is 0 Å². The van der Waals surface area contributed by atoms with Gasteiger partial charge in [0.05, 0.1) is 0 Å². The molecule has 1 heterocycles. The van der Waals surface area contributed by atoms with Crippen molar-refractivity contribution in [2.45, 2.75) is 11.6 Å². The predicted octanol–water partition coefficient (Wildman–Crippen LogP) is 1.25. The Labute approximate surface area is 45.2 Å². The SMILES string of the molecule is OC1(F)CC=CS1. The Hall–Kier alpha value is -0.0200. The molecule has 1 rings (SSSR count). The first-order valence-electron chi connectivity index (χ1n) is 1.95. The van der Waals surface area contributed by atoms with Crippen LogP contribution in [0.15, 0.2) is 11.5 Å². The standard InChI is InChI=1S/C4H5FOS/c5-4(6)2-1-3-7-4/h1,3,6H,2H2. The van der Waals surface area contributed by atoms with Crippen molar-refractivity contribution in [3.8, 4) is 0 Å². The molecule has 1 atom stereocenters. The molecule has 3 heteroatoms. The van der Waals surface area contributed by atoms with Gasteiger partial charge in [0.1, 0.15) is 0 Å². The highest BCUT2D eigenvalue weighted by Gasteiger charge is 2.26. The number of thioether (sulfide) groups is 1. The zero-order valence-electron chi connectivity index (χ0n) is 3.60. The summed E-state index contributed by atoms with van der Waals surface area (Å²) in [5.41, 5.74) is 0. The van der Waals surface area contributed by atoms with Gasteiger partial charge in [0.15, 0.2) is 0 Å². The summed E-state index contributed by atoms with van der Waals surface area (Å²) in [4.78, 5) is 0. The maximum absolute atomic E-state index is 12.1. The van der Waals surface area contributed by atoms with Gasteiger partial charge in [-0.15, -0.1) is 0 Å². The summed E-state index contributed by atoms with van der Waals surface area (Å²) < 4.78 is 12.1. The van der Waals surface area contributed by atoms with Crippen LogP contribution in [0.3, 0.4) is 0 Å². The third-order valence-electron chi connectivity index (χ3n) is 0.714. The van der Waals surface area contributed by atoms with Crippen molar-refractivity contribution in [2.24, 2.45) is 0 Å². The molecule has 1 unspecified atom stereocenters. The first-order chi connectivity index (χ1) is 3.21. The second kappa shape index (κ2) is 1.49. The highest BCUT2D eigenvalue weighted by atomic mass is 32.2. The lowest BCUT2D eigenvalue weighted by molar-refractivity contribution is 0.0101. The van der Waals surface area contributed by atoms with E-state index < -0.39 is 5.19 Å². The van der Waals surface area contributed by atoms with E-state index in [1.165, 1.54) is 0 Å². The number of alkyl halides is 1. The van der Waals surface area contributed by atoms with Gasteiger partial charge in [-0.2, -0.15) is 4.39 Å². The van der Waals surface area contributed by atoms with Crippen molar-refractivity contribution in [2.75, 3.05) is 0 Å². The van der Waals surface area contributed by atoms with Crippen LogP contribution in [-0.2, 0) is 0 Å². The van der Waals surface area contributed by atoms with Crippen LogP contribution >= 0.6 is 11.8 Å². The molecule has 0 amide bonds. The van der Waals surface area contributed by atoms with E-state index in [9.17, 15) is 4.39 Å². The Morgan fingerprint density at radius 2 is 2.57 bits per heavy atom. The lowest BCUT2D eigenvalue weighted by Crippen LogP contribution is -2.10. The van der Waals surface area contributed by atoms with Crippen LogP contribution in [0.5, 0.6) is 0 Å². The number of rotatable bonds is 0. The van der Waals surface area contributed by atoms with Crippen LogP contribution in [-0.4, -0.2) is 10.3 Å². The monoisotopic (exact) mass is 120 g/mol. The molecule has 0 saturated heterocycles. The number of hydrogen-bond donors (Lipinski definition) is 1. The molecule has 1 nitrogen and oxygen atoms in total. The third-order valence-corrected chi connectivity index (χ3v) is 1.57. The smallest absolute Gasteiger partial charge is 0.262 e. The number of aliphatic hydroxyl groups is 1. The number of hydrogen-bond acceptors (Lipinski definition) is 2. The Morgan fingerprint density at radius 1 is 1.86 bits per heavy atom. The second-order valence-corrected chi connectivity index (χ2v) is 2.52. The minimum Gasteiger partial charge on any atom is -0.353 e. The highest BCUT2D eigenvalue weighted by molar-refractivity contribution is 8.03. The van der Waals surface area contributed by atoms with E-state index in [1.807, 2.05) is 0 Å². The Morgan fingerprint density at radius 3 is 2.71 bits per heavy atom. The van der Waals surface area contributed by atoms with Crippen LogP contribution in [0.2, 0.25) is 0 Å². The fourth-order valence-corrected chi connectivity index (χ4v) is 0.987. The molecule has 0 aliphatic carbocycles. The van der Waals surface area contributed by atoms with Crippen LogP contribution < -0.4 is 0 Å². The van der Waals surface area contributed by atoms with Gasteiger partial charge < -0.3 is 5.11 Å². The summed E-state index contributed by atoms with van der Waals surface area (Å²) in [7, 11) is 0. The first kappa shape index (κ1) is 5.12. The molecule has 0 fully saturated rings. The Bertz CT molecular complexity index is 89.9. The normalized spacial score (nSPS) is 39.7. The van der Waals surface area contributed by atoms with Crippen molar-refractivity contribution in [1.29, 1.82) is 0 Å². The minimum absolute atomic E-state index is 0.123. The van der Waals surface area contributed by atoms with E-state index >= 15 is 0 Å². The van der Waals surface area contributed by atoms with E-state index in [0.717, 1.165) is 11.8 Å². The van der Waals surface area contributed by atoms with Crippen LogP contribution in [0.4, 0.5) is 4.39 Å². The van der Waals surface area contributed by atoms with Gasteiger partial charge in [-0.1, -0.05) is 17.8 Å². The fraction of sp³-hybridized carbons (Fsp3) is 0.500. The lowest BCUT2D eigenvalue weighted by atomic mass is 10.4. The summed E-state index contributed by atoms with van der Waals surface area (Å²) in [6.07, 6.45) is 1.72. The molecule has 40 valence electrons. The first-order valence-corrected chi connectivity index (χ1v) is 2.83. The van der Waals surface area contributed by atoms with Crippen molar-refractivity contribution < 1.29 is 9.50 Å². The van der Waals surface area contributed by atoms with Gasteiger partial charge in [0, 0.05) is 6.42 Å². The fourth-order valence-electron chi connectivity index (χ4n) is 0.394. The maximum atomic E-state index is 12.1. The minimum atomic E-state index is -2.00. The van der Waals surface area contributed by atoms with Gasteiger partial charge in [0.25, 0.3) is 5.19 Å². The lowest BCUT2D eigenvalue weighted by Gasteiger charge is -2.06. The predicted molar refractivity (Wildman–Crippen MR) is 27.4 cm³/mol. The molecule has 0 aromatic rings. The van der Waals surface area contributed by atoms with E-state index in [1.54, 1.807) is 11.5 Å². The summed E-state index contributed by atoms with van der Waals surface area (Å²) in [6.45, 7) is 0. The van der Waals surface area contributed by atoms with Crippen molar-refractivity contribution in [3.05, 3.63) is 11.5 Å². The summed E-state index contributed by atoms with van der Waals surface area (Å²) in [6, 6.07) is 0. The van der Waals surface area contributed by atoms with E-state index in [2.05, 4.69) is 0 Å². The summed E-state index contributed by atoms with van der Waals surface area (Å²) in [5, 5.41) is 7.98. The molecular weight excluding hydrogens is 115 g/mol. The zero-order chi connectivity index (χ0) is 5.33. The van der Waals surface area contributed by atoms with Crippen molar-refractivity contribution >= 4 is 11.8 Å². The second-order valence-electron chi connectivity index (χ2n) is 1.38. The highest BCUT2D eigenvalue weighted by Crippen LogP contribution is 2.34. The van der Waals surface area contributed by atoms with Crippen LogP contribution in [0, 0.1) is 0 Å². The Kier molecular flexibility index (Phi) is 1.09. The van der Waals surface area contributed by atoms with E-state index in [0.29, 0.717) is 0 Å². The molecular formula is C4H5FOS. The quantitative estimate of drug-likeness (QED) is 0.519. The van der Waals surface area contributed by atoms with Crippen molar-refractivity contribution in [1.82, 2.24) is 0 Å². The van der Waals surface area contributed by atoms with Crippen LogP contribution in [0.1, 0.15) is 6.42 Å². The molecule has 0 spiro atoms. The third kappa shape index (κ3) is 1.17. The van der Waals surface area contributed by atoms with E-state index in [4.69, 9.17) is 5.11 Å². The molecule has 0 bridgehead atoms. The topological polar surface area (TPSA) is 20.2 Å². The summed E-state index contributed by atoms with van der Waals surface area (Å²) >= 11 is 0.808. The molecule has 0 saturated carbocycles. The van der Waals surface area contributed by atoms with Gasteiger partial charge >= 0.3 is 0 Å². The molecule has 1 N–H and O–H groups in total. The molecule has 0 aromatic carbocycles. The van der Waals surface area contributed by atoms with E-state index in [-0.39, 0.29) is 6.42 Å². The van der Waals surface area contributed by atoms with Crippen molar-refractivity contribution in [3.63, 3.8) is 0 Å². The molecule has 1 aliphatic rings. The van der Waals surface area contributed by atoms with Crippen LogP contribution in [0.25, 0.3) is 0 Å². The Balaban J connectivity index is 2.49. The maximum Gasteiger partial charge on any atom is 0.262 e. The largest absolute Gasteiger partial charge is 0.353 e.